The number of hydrogen-bond donors (Lipinski definition) is 3. The molecule has 0 bridgehead atoms. The third-order valence-corrected chi connectivity index (χ3v) is 6.96. The molecule has 0 radical (unpaired) electrons. The number of fused-ring (bicyclic) bond motifs is 1. The molecule has 2 aromatic rings. The molecule has 4 atom stereocenters. The summed E-state index contributed by atoms with van der Waals surface area (Å²) in [6.07, 6.45) is 2.39. The van der Waals surface area contributed by atoms with Gasteiger partial charge in [0.25, 0.3) is 5.91 Å². The number of hydrogen-bond acceptors (Lipinski definition) is 6. The second-order valence-electron chi connectivity index (χ2n) is 10.9. The van der Waals surface area contributed by atoms with Gasteiger partial charge in [-0.3, -0.25) is 4.79 Å². The van der Waals surface area contributed by atoms with Gasteiger partial charge in [-0.05, 0) is 89.7 Å². The molecule has 10 heteroatoms. The van der Waals surface area contributed by atoms with E-state index in [9.17, 15) is 19.1 Å². The van der Waals surface area contributed by atoms with Gasteiger partial charge in [0, 0.05) is 37.0 Å². The maximum atomic E-state index is 14.1. The fourth-order valence-electron chi connectivity index (χ4n) is 4.65. The molecule has 0 saturated carbocycles. The average molecular weight is 559 g/mol. The highest BCUT2D eigenvalue weighted by Gasteiger charge is 2.30. The molecule has 3 rings (SSSR count). The molecule has 0 saturated heterocycles. The maximum Gasteiger partial charge on any atom is 0.323 e. The van der Waals surface area contributed by atoms with E-state index >= 15 is 0 Å². The molecule has 0 aliphatic carbocycles. The Morgan fingerprint density at radius 1 is 1.12 bits per heavy atom. The van der Waals surface area contributed by atoms with Crippen LogP contribution in [-0.2, 0) is 4.74 Å². The Morgan fingerprint density at radius 3 is 2.48 bits per heavy atom. The van der Waals surface area contributed by atoms with Crippen molar-refractivity contribution in [3.63, 3.8) is 0 Å². The summed E-state index contributed by atoms with van der Waals surface area (Å²) in [5.74, 6) is -0.295. The Kier molecular flexibility index (Phi) is 11.7. The molecule has 220 valence electrons. The van der Waals surface area contributed by atoms with E-state index in [1.807, 2.05) is 21.0 Å². The normalized spacial score (nSPS) is 21.6. The van der Waals surface area contributed by atoms with Crippen LogP contribution in [0.15, 0.2) is 42.5 Å². The lowest BCUT2D eigenvalue weighted by Crippen LogP contribution is -2.47. The van der Waals surface area contributed by atoms with Crippen molar-refractivity contribution in [3.8, 4) is 5.75 Å². The first kappa shape index (κ1) is 31.3. The van der Waals surface area contributed by atoms with Crippen LogP contribution in [0.3, 0.4) is 0 Å². The number of halogens is 1. The van der Waals surface area contributed by atoms with E-state index in [0.29, 0.717) is 42.4 Å². The van der Waals surface area contributed by atoms with E-state index in [1.54, 1.807) is 30.0 Å². The number of nitrogens with zero attached hydrogens (tertiary/aromatic N) is 2. The number of aliphatic hydroxyl groups excluding tert-OH is 1. The first-order valence-electron chi connectivity index (χ1n) is 13.9. The van der Waals surface area contributed by atoms with Gasteiger partial charge < -0.3 is 35.0 Å². The van der Waals surface area contributed by atoms with E-state index in [4.69, 9.17) is 9.47 Å². The van der Waals surface area contributed by atoms with Crippen LogP contribution in [-0.4, -0.2) is 85.5 Å². The molecule has 3 N–H and O–H groups in total. The van der Waals surface area contributed by atoms with Crippen LogP contribution in [0.5, 0.6) is 5.75 Å². The Morgan fingerprint density at radius 2 is 1.80 bits per heavy atom. The SMILES string of the molecule is C[C@@H]1CCCCO[C@@H](CN(C)C)[C@H](C)CN([C@H](C)CO)C(=O)c2cc(NC(=O)Nc3ccc(F)cc3)ccc2O1. The monoisotopic (exact) mass is 558 g/mol. The zero-order valence-corrected chi connectivity index (χ0v) is 24.2. The molecule has 1 aliphatic rings. The van der Waals surface area contributed by atoms with Crippen LogP contribution in [0.1, 0.15) is 50.4 Å². The van der Waals surface area contributed by atoms with Crippen LogP contribution in [0.2, 0.25) is 0 Å². The number of urea groups is 1. The summed E-state index contributed by atoms with van der Waals surface area (Å²) >= 11 is 0. The summed E-state index contributed by atoms with van der Waals surface area (Å²) in [5, 5.41) is 15.4. The highest BCUT2D eigenvalue weighted by molar-refractivity contribution is 6.02. The van der Waals surface area contributed by atoms with E-state index in [1.165, 1.54) is 24.3 Å². The molecular weight excluding hydrogens is 515 g/mol. The standard InChI is InChI=1S/C30H43FN4O5/c1-20-17-35(21(2)19-36)29(37)26-16-25(33-30(38)32-24-11-9-23(31)10-12-24)13-14-27(26)40-22(3)8-6-7-15-39-28(20)18-34(4)5/h9-14,16,20-22,28,36H,6-8,15,17-19H2,1-5H3,(H2,32,33,38)/t20-,21-,22-,28+/m1/s1. The number of ether oxygens (including phenoxy) is 2. The van der Waals surface area contributed by atoms with Gasteiger partial charge in [0.05, 0.1) is 30.4 Å². The van der Waals surface area contributed by atoms with Crippen molar-refractivity contribution in [3.05, 3.63) is 53.8 Å². The molecule has 1 aliphatic heterocycles. The minimum atomic E-state index is -0.535. The third kappa shape index (κ3) is 9.18. The first-order valence-corrected chi connectivity index (χ1v) is 13.9. The number of carbonyl (C=O) groups excluding carboxylic acids is 2. The molecular formula is C30H43FN4O5. The molecule has 3 amide bonds. The van der Waals surface area contributed by atoms with Crippen molar-refractivity contribution in [2.75, 3.05) is 51.0 Å². The van der Waals surface area contributed by atoms with E-state index in [0.717, 1.165) is 19.3 Å². The van der Waals surface area contributed by atoms with Gasteiger partial charge in [-0.25, -0.2) is 9.18 Å². The van der Waals surface area contributed by atoms with Gasteiger partial charge in [0.2, 0.25) is 0 Å². The van der Waals surface area contributed by atoms with E-state index in [-0.39, 0.29) is 30.6 Å². The number of carbonyl (C=O) groups is 2. The summed E-state index contributed by atoms with van der Waals surface area (Å²) in [5.41, 5.74) is 1.11. The minimum absolute atomic E-state index is 0.00521. The number of benzene rings is 2. The Hall–Kier alpha value is -3.21. The largest absolute Gasteiger partial charge is 0.490 e. The topological polar surface area (TPSA) is 103 Å². The minimum Gasteiger partial charge on any atom is -0.490 e. The number of nitrogens with one attached hydrogen (secondary N) is 2. The fraction of sp³-hybridized carbons (Fsp3) is 0.533. The predicted octanol–water partition coefficient (Wildman–Crippen LogP) is 4.83. The summed E-state index contributed by atoms with van der Waals surface area (Å²) in [6, 6.07) is 9.39. The van der Waals surface area contributed by atoms with Crippen LogP contribution in [0, 0.1) is 11.7 Å². The highest BCUT2D eigenvalue weighted by Crippen LogP contribution is 2.28. The number of aliphatic hydroxyl groups is 1. The highest BCUT2D eigenvalue weighted by atomic mass is 19.1. The van der Waals surface area contributed by atoms with Gasteiger partial charge in [-0.1, -0.05) is 6.92 Å². The Bertz CT molecular complexity index is 1110. The van der Waals surface area contributed by atoms with Crippen LogP contribution in [0.25, 0.3) is 0 Å². The number of amides is 3. The van der Waals surface area contributed by atoms with Crippen molar-refractivity contribution in [1.82, 2.24) is 9.80 Å². The zero-order chi connectivity index (χ0) is 29.2. The van der Waals surface area contributed by atoms with Gasteiger partial charge in [0.1, 0.15) is 11.6 Å². The second-order valence-corrected chi connectivity index (χ2v) is 10.9. The van der Waals surface area contributed by atoms with Crippen molar-refractivity contribution < 1.29 is 28.6 Å². The smallest absolute Gasteiger partial charge is 0.323 e. The predicted molar refractivity (Wildman–Crippen MR) is 154 cm³/mol. The van der Waals surface area contributed by atoms with Gasteiger partial charge >= 0.3 is 6.03 Å². The van der Waals surface area contributed by atoms with Gasteiger partial charge in [0.15, 0.2) is 0 Å². The Balaban J connectivity index is 1.92. The summed E-state index contributed by atoms with van der Waals surface area (Å²) in [4.78, 5) is 30.4. The molecule has 0 unspecified atom stereocenters. The van der Waals surface area contributed by atoms with Crippen molar-refractivity contribution in [1.29, 1.82) is 0 Å². The molecule has 9 nitrogen and oxygen atoms in total. The lowest BCUT2D eigenvalue weighted by atomic mass is 10.0. The van der Waals surface area contributed by atoms with Crippen molar-refractivity contribution in [2.45, 2.75) is 58.3 Å². The van der Waals surface area contributed by atoms with E-state index < -0.39 is 17.9 Å². The summed E-state index contributed by atoms with van der Waals surface area (Å²) in [6.45, 7) is 7.33. The average Bonchev–Trinajstić information content (AvgIpc) is 2.91. The molecule has 2 aromatic carbocycles. The molecule has 0 fully saturated rings. The fourth-order valence-corrected chi connectivity index (χ4v) is 4.65. The van der Waals surface area contributed by atoms with Gasteiger partial charge in [-0.2, -0.15) is 0 Å². The lowest BCUT2D eigenvalue weighted by molar-refractivity contribution is -0.0137. The quantitative estimate of drug-likeness (QED) is 0.470. The van der Waals surface area contributed by atoms with E-state index in [2.05, 4.69) is 22.5 Å². The Labute approximate surface area is 236 Å². The lowest BCUT2D eigenvalue weighted by Gasteiger charge is -2.35. The number of rotatable bonds is 6. The molecule has 0 aromatic heterocycles. The molecule has 1 heterocycles. The second kappa shape index (κ2) is 15.0. The third-order valence-electron chi connectivity index (χ3n) is 6.96. The van der Waals surface area contributed by atoms with Crippen LogP contribution < -0.4 is 15.4 Å². The van der Waals surface area contributed by atoms with Crippen molar-refractivity contribution in [2.24, 2.45) is 5.92 Å². The van der Waals surface area contributed by atoms with Crippen LogP contribution in [0.4, 0.5) is 20.6 Å². The summed E-state index contributed by atoms with van der Waals surface area (Å²) < 4.78 is 25.7. The number of anilines is 2. The van der Waals surface area contributed by atoms with Crippen LogP contribution >= 0.6 is 0 Å². The van der Waals surface area contributed by atoms with Gasteiger partial charge in [-0.15, -0.1) is 0 Å². The summed E-state index contributed by atoms with van der Waals surface area (Å²) in [7, 11) is 3.99. The number of likely N-dealkylation sites (N-methyl/N-ethyl adjacent to an activating group) is 1. The maximum absolute atomic E-state index is 14.1. The molecule has 40 heavy (non-hydrogen) atoms. The first-order chi connectivity index (χ1) is 19.1. The zero-order valence-electron chi connectivity index (χ0n) is 24.2. The van der Waals surface area contributed by atoms with Crippen molar-refractivity contribution >= 4 is 23.3 Å². The molecule has 0 spiro atoms.